The number of aliphatic hydroxyl groups is 1. The highest BCUT2D eigenvalue weighted by atomic mass is 16.3. The van der Waals surface area contributed by atoms with E-state index < -0.39 is 35.7 Å². The lowest BCUT2D eigenvalue weighted by Gasteiger charge is -2.30. The molecule has 3 amide bonds. The van der Waals surface area contributed by atoms with E-state index in [1.54, 1.807) is 30.3 Å². The molecule has 0 spiro atoms. The SMILES string of the molecule is NC(=O)CC(O)(C(N)=O)C(Cc1ccccc1)C(N)=O. The Kier molecular flexibility index (Phi) is 4.82. The van der Waals surface area contributed by atoms with Crippen LogP contribution in [0.1, 0.15) is 12.0 Å². The van der Waals surface area contributed by atoms with E-state index in [1.165, 1.54) is 0 Å². The molecule has 7 nitrogen and oxygen atoms in total. The number of carbonyl (C=O) groups excluding carboxylic acids is 3. The van der Waals surface area contributed by atoms with Crippen LogP contribution in [0.3, 0.4) is 0 Å². The van der Waals surface area contributed by atoms with Crippen molar-refractivity contribution in [3.8, 4) is 0 Å². The smallest absolute Gasteiger partial charge is 0.250 e. The molecule has 0 fully saturated rings. The zero-order chi connectivity index (χ0) is 15.3. The van der Waals surface area contributed by atoms with Crippen LogP contribution in [-0.2, 0) is 20.8 Å². The van der Waals surface area contributed by atoms with Gasteiger partial charge in [0.05, 0.1) is 12.3 Å². The molecule has 20 heavy (non-hydrogen) atoms. The summed E-state index contributed by atoms with van der Waals surface area (Å²) in [4.78, 5) is 34.0. The maximum atomic E-state index is 11.5. The standard InChI is InChI=1S/C13H17N3O4/c14-10(17)7-13(20,12(16)19)9(11(15)18)6-8-4-2-1-3-5-8/h1-5,9,20H,6-7H2,(H2,14,17)(H2,15,18)(H2,16,19). The van der Waals surface area contributed by atoms with Gasteiger partial charge in [-0.2, -0.15) is 0 Å². The Morgan fingerprint density at radius 1 is 1.10 bits per heavy atom. The second kappa shape index (κ2) is 6.16. The lowest BCUT2D eigenvalue weighted by atomic mass is 9.79. The van der Waals surface area contributed by atoms with Crippen molar-refractivity contribution in [1.82, 2.24) is 0 Å². The molecule has 0 radical (unpaired) electrons. The molecule has 1 aromatic carbocycles. The summed E-state index contributed by atoms with van der Waals surface area (Å²) in [6, 6.07) is 8.62. The minimum Gasteiger partial charge on any atom is -0.379 e. The van der Waals surface area contributed by atoms with Gasteiger partial charge < -0.3 is 22.3 Å². The first-order valence-electron chi connectivity index (χ1n) is 5.91. The summed E-state index contributed by atoms with van der Waals surface area (Å²) in [5, 5.41) is 10.3. The molecule has 0 saturated carbocycles. The van der Waals surface area contributed by atoms with E-state index in [9.17, 15) is 19.5 Å². The maximum Gasteiger partial charge on any atom is 0.250 e. The molecule has 0 bridgehead atoms. The molecule has 0 aliphatic heterocycles. The van der Waals surface area contributed by atoms with Gasteiger partial charge in [-0.25, -0.2) is 0 Å². The van der Waals surface area contributed by atoms with Gasteiger partial charge in [-0.05, 0) is 12.0 Å². The van der Waals surface area contributed by atoms with Gasteiger partial charge in [-0.3, -0.25) is 14.4 Å². The van der Waals surface area contributed by atoms with Gasteiger partial charge >= 0.3 is 0 Å². The second-order valence-corrected chi connectivity index (χ2v) is 4.58. The van der Waals surface area contributed by atoms with Gasteiger partial charge in [0.15, 0.2) is 5.60 Å². The topological polar surface area (TPSA) is 150 Å². The van der Waals surface area contributed by atoms with E-state index in [0.29, 0.717) is 5.56 Å². The van der Waals surface area contributed by atoms with Crippen molar-refractivity contribution in [3.05, 3.63) is 35.9 Å². The number of amides is 3. The van der Waals surface area contributed by atoms with Crippen LogP contribution in [0.4, 0.5) is 0 Å². The average Bonchev–Trinajstić information content (AvgIpc) is 2.35. The first-order chi connectivity index (χ1) is 9.27. The first-order valence-corrected chi connectivity index (χ1v) is 5.91. The zero-order valence-electron chi connectivity index (χ0n) is 10.8. The highest BCUT2D eigenvalue weighted by Gasteiger charge is 2.46. The molecule has 0 heterocycles. The van der Waals surface area contributed by atoms with E-state index >= 15 is 0 Å². The largest absolute Gasteiger partial charge is 0.379 e. The van der Waals surface area contributed by atoms with Crippen molar-refractivity contribution in [1.29, 1.82) is 0 Å². The highest BCUT2D eigenvalue weighted by Crippen LogP contribution is 2.25. The fraction of sp³-hybridized carbons (Fsp3) is 0.308. The van der Waals surface area contributed by atoms with Crippen LogP contribution in [0.25, 0.3) is 0 Å². The highest BCUT2D eigenvalue weighted by molar-refractivity contribution is 5.95. The van der Waals surface area contributed by atoms with Crippen LogP contribution in [0.2, 0.25) is 0 Å². The average molecular weight is 279 g/mol. The monoisotopic (exact) mass is 279 g/mol. The third kappa shape index (κ3) is 3.55. The molecule has 7 N–H and O–H groups in total. The Morgan fingerprint density at radius 2 is 1.65 bits per heavy atom. The van der Waals surface area contributed by atoms with Crippen molar-refractivity contribution in [2.45, 2.75) is 18.4 Å². The predicted octanol–water partition coefficient (Wildman–Crippen LogP) is -1.58. The van der Waals surface area contributed by atoms with E-state index in [-0.39, 0.29) is 6.42 Å². The van der Waals surface area contributed by atoms with Gasteiger partial charge in [0.2, 0.25) is 11.8 Å². The van der Waals surface area contributed by atoms with Gasteiger partial charge in [0.1, 0.15) is 0 Å². The van der Waals surface area contributed by atoms with Gasteiger partial charge in [0.25, 0.3) is 5.91 Å². The molecule has 0 aliphatic rings. The van der Waals surface area contributed by atoms with Crippen molar-refractivity contribution in [3.63, 3.8) is 0 Å². The van der Waals surface area contributed by atoms with Crippen LogP contribution in [-0.4, -0.2) is 28.4 Å². The first kappa shape index (κ1) is 15.6. The van der Waals surface area contributed by atoms with E-state index in [0.717, 1.165) is 0 Å². The molecule has 0 aromatic heterocycles. The Morgan fingerprint density at radius 3 is 2.05 bits per heavy atom. The number of nitrogens with two attached hydrogens (primary N) is 3. The third-order valence-electron chi connectivity index (χ3n) is 3.07. The van der Waals surface area contributed by atoms with Crippen molar-refractivity contribution >= 4 is 17.7 Å². The number of carbonyl (C=O) groups is 3. The van der Waals surface area contributed by atoms with Crippen molar-refractivity contribution < 1.29 is 19.5 Å². The normalized spacial score (nSPS) is 15.1. The van der Waals surface area contributed by atoms with Gasteiger partial charge in [-0.15, -0.1) is 0 Å². The predicted molar refractivity (Wildman–Crippen MR) is 70.8 cm³/mol. The lowest BCUT2D eigenvalue weighted by Crippen LogP contribution is -2.56. The molecule has 2 atom stereocenters. The maximum absolute atomic E-state index is 11.5. The molecule has 1 rings (SSSR count). The molecule has 1 aromatic rings. The fourth-order valence-electron chi connectivity index (χ4n) is 2.00. The Labute approximate surface area is 115 Å². The van der Waals surface area contributed by atoms with Crippen LogP contribution in [0, 0.1) is 5.92 Å². The number of primary amides is 3. The van der Waals surface area contributed by atoms with E-state index in [1.807, 2.05) is 0 Å². The van der Waals surface area contributed by atoms with Crippen LogP contribution in [0.15, 0.2) is 30.3 Å². The summed E-state index contributed by atoms with van der Waals surface area (Å²) in [6.45, 7) is 0. The third-order valence-corrected chi connectivity index (χ3v) is 3.07. The molecule has 2 unspecified atom stereocenters. The van der Waals surface area contributed by atoms with Crippen LogP contribution < -0.4 is 17.2 Å². The molecular formula is C13H17N3O4. The summed E-state index contributed by atoms with van der Waals surface area (Å²) < 4.78 is 0. The number of benzene rings is 1. The number of hydrogen-bond acceptors (Lipinski definition) is 4. The lowest BCUT2D eigenvalue weighted by molar-refractivity contribution is -0.153. The van der Waals surface area contributed by atoms with Gasteiger partial charge in [-0.1, -0.05) is 30.3 Å². The Hall–Kier alpha value is -2.41. The van der Waals surface area contributed by atoms with Crippen molar-refractivity contribution in [2.75, 3.05) is 0 Å². The molecule has 0 saturated heterocycles. The molecule has 7 heteroatoms. The quantitative estimate of drug-likeness (QED) is 0.476. The second-order valence-electron chi connectivity index (χ2n) is 4.58. The van der Waals surface area contributed by atoms with Crippen LogP contribution in [0.5, 0.6) is 0 Å². The minimum absolute atomic E-state index is 0.0249. The molecule has 0 aliphatic carbocycles. The minimum atomic E-state index is -2.40. The van der Waals surface area contributed by atoms with E-state index in [4.69, 9.17) is 17.2 Å². The summed E-state index contributed by atoms with van der Waals surface area (Å²) in [7, 11) is 0. The molecular weight excluding hydrogens is 262 g/mol. The van der Waals surface area contributed by atoms with Gasteiger partial charge in [0, 0.05) is 0 Å². The molecule has 108 valence electrons. The summed E-state index contributed by atoms with van der Waals surface area (Å²) >= 11 is 0. The zero-order valence-corrected chi connectivity index (χ0v) is 10.8. The van der Waals surface area contributed by atoms with Crippen LogP contribution >= 0.6 is 0 Å². The summed E-state index contributed by atoms with van der Waals surface area (Å²) in [6.07, 6.45) is -0.786. The Balaban J connectivity index is 3.12. The number of rotatable bonds is 7. The number of hydrogen-bond donors (Lipinski definition) is 4. The van der Waals surface area contributed by atoms with E-state index in [2.05, 4.69) is 0 Å². The summed E-state index contributed by atoms with van der Waals surface area (Å²) in [5.41, 5.74) is 13.6. The fourth-order valence-corrected chi connectivity index (χ4v) is 2.00. The Bertz CT molecular complexity index is 518. The summed E-state index contributed by atoms with van der Waals surface area (Å²) in [5.74, 6) is -4.44. The van der Waals surface area contributed by atoms with Crippen molar-refractivity contribution in [2.24, 2.45) is 23.1 Å².